The van der Waals surface area contributed by atoms with Gasteiger partial charge < -0.3 is 21.3 Å². The Morgan fingerprint density at radius 1 is 1.00 bits per heavy atom. The zero-order chi connectivity index (χ0) is 17.2. The van der Waals surface area contributed by atoms with Gasteiger partial charge in [-0.25, -0.2) is 4.79 Å². The van der Waals surface area contributed by atoms with Crippen LogP contribution in [0.2, 0.25) is 0 Å². The van der Waals surface area contributed by atoms with Gasteiger partial charge >= 0.3 is 6.03 Å². The Hall–Kier alpha value is -1.01. The summed E-state index contributed by atoms with van der Waals surface area (Å²) in [6, 6.07) is 0.460. The maximum absolute atomic E-state index is 12.1. The molecule has 1 aliphatic heterocycles. The minimum absolute atomic E-state index is 0. The average molecular weight is 375 g/mol. The van der Waals surface area contributed by atoms with Crippen LogP contribution in [0, 0.1) is 0 Å². The molecule has 6 nitrogen and oxygen atoms in total. The van der Waals surface area contributed by atoms with Gasteiger partial charge in [0.25, 0.3) is 0 Å². The highest BCUT2D eigenvalue weighted by atomic mass is 35.5. The molecule has 2 aliphatic rings. The molecule has 1 unspecified atom stereocenters. The van der Waals surface area contributed by atoms with Crippen LogP contribution < -0.4 is 16.4 Å². The van der Waals surface area contributed by atoms with Crippen molar-refractivity contribution in [2.24, 2.45) is 5.73 Å². The van der Waals surface area contributed by atoms with Gasteiger partial charge in [-0.1, -0.05) is 25.7 Å². The van der Waals surface area contributed by atoms with Gasteiger partial charge in [0, 0.05) is 38.1 Å². The number of rotatable bonds is 7. The molecule has 4 N–H and O–H groups in total. The van der Waals surface area contributed by atoms with Crippen molar-refractivity contribution in [1.82, 2.24) is 15.5 Å². The first-order valence-corrected chi connectivity index (χ1v) is 9.73. The number of nitrogens with two attached hydrogens (primary N) is 1. The van der Waals surface area contributed by atoms with Crippen LogP contribution in [0.3, 0.4) is 0 Å². The number of halogens is 1. The largest absolute Gasteiger partial charge is 0.341 e. The molecule has 0 spiro atoms. The van der Waals surface area contributed by atoms with Gasteiger partial charge in [-0.2, -0.15) is 0 Å². The number of hydrogen-bond donors (Lipinski definition) is 3. The van der Waals surface area contributed by atoms with Gasteiger partial charge in [0.15, 0.2) is 0 Å². The van der Waals surface area contributed by atoms with E-state index in [-0.39, 0.29) is 30.4 Å². The molecule has 25 heavy (non-hydrogen) atoms. The third-order valence-corrected chi connectivity index (χ3v) is 5.10. The van der Waals surface area contributed by atoms with Crippen molar-refractivity contribution in [1.29, 1.82) is 0 Å². The maximum atomic E-state index is 12.1. The Morgan fingerprint density at radius 2 is 1.76 bits per heavy atom. The first-order valence-electron chi connectivity index (χ1n) is 9.73. The van der Waals surface area contributed by atoms with Crippen LogP contribution in [-0.2, 0) is 4.79 Å². The number of urea groups is 1. The van der Waals surface area contributed by atoms with Crippen LogP contribution in [0.25, 0.3) is 0 Å². The lowest BCUT2D eigenvalue weighted by molar-refractivity contribution is -0.132. The zero-order valence-corrected chi connectivity index (χ0v) is 16.1. The van der Waals surface area contributed by atoms with Gasteiger partial charge in [-0.15, -0.1) is 12.4 Å². The second-order valence-electron chi connectivity index (χ2n) is 7.29. The molecule has 7 heteroatoms. The Kier molecular flexibility index (Phi) is 10.9. The fourth-order valence-corrected chi connectivity index (χ4v) is 3.66. The summed E-state index contributed by atoms with van der Waals surface area (Å²) in [6.45, 7) is 2.25. The van der Waals surface area contributed by atoms with Crippen molar-refractivity contribution in [3.8, 4) is 0 Å². The molecular weight excluding hydrogens is 340 g/mol. The zero-order valence-electron chi connectivity index (χ0n) is 15.3. The average Bonchev–Trinajstić information content (AvgIpc) is 2.58. The van der Waals surface area contributed by atoms with Crippen molar-refractivity contribution in [2.75, 3.05) is 19.6 Å². The molecule has 146 valence electrons. The maximum Gasteiger partial charge on any atom is 0.315 e. The second kappa shape index (κ2) is 12.4. The number of unbranched alkanes of at least 4 members (excludes halogenated alkanes) is 2. The van der Waals surface area contributed by atoms with E-state index >= 15 is 0 Å². The smallest absolute Gasteiger partial charge is 0.315 e. The SMILES string of the molecule is Cl.NC1CCCN(C(=O)CCCCCNC(=O)NC2CCCCC2)C1. The number of likely N-dealkylation sites (tertiary alicyclic amines) is 1. The van der Waals surface area contributed by atoms with E-state index in [9.17, 15) is 9.59 Å². The Morgan fingerprint density at radius 3 is 2.48 bits per heavy atom. The summed E-state index contributed by atoms with van der Waals surface area (Å²) in [4.78, 5) is 25.8. The molecule has 2 rings (SSSR count). The normalized spacial score (nSPS) is 21.3. The summed E-state index contributed by atoms with van der Waals surface area (Å²) in [5.74, 6) is 0.230. The van der Waals surface area contributed by atoms with Crippen LogP contribution in [0.5, 0.6) is 0 Å². The number of nitrogens with zero attached hydrogens (tertiary/aromatic N) is 1. The van der Waals surface area contributed by atoms with Gasteiger partial charge in [-0.3, -0.25) is 4.79 Å². The fraction of sp³-hybridized carbons (Fsp3) is 0.889. The van der Waals surface area contributed by atoms with E-state index in [0.29, 0.717) is 25.6 Å². The minimum Gasteiger partial charge on any atom is -0.341 e. The molecule has 0 aromatic heterocycles. The molecule has 1 heterocycles. The van der Waals surface area contributed by atoms with E-state index in [1.165, 1.54) is 19.3 Å². The molecule has 1 saturated heterocycles. The highest BCUT2D eigenvalue weighted by Crippen LogP contribution is 2.17. The lowest BCUT2D eigenvalue weighted by Gasteiger charge is -2.30. The van der Waals surface area contributed by atoms with Gasteiger partial charge in [0.05, 0.1) is 0 Å². The van der Waals surface area contributed by atoms with Crippen LogP contribution in [0.4, 0.5) is 4.79 Å². The van der Waals surface area contributed by atoms with Crippen molar-refractivity contribution in [3.05, 3.63) is 0 Å². The summed E-state index contributed by atoms with van der Waals surface area (Å²) in [6.07, 6.45) is 11.4. The van der Waals surface area contributed by atoms with Crippen LogP contribution in [-0.4, -0.2) is 48.6 Å². The molecule has 0 bridgehead atoms. The molecule has 0 aromatic carbocycles. The van der Waals surface area contributed by atoms with Crippen LogP contribution >= 0.6 is 12.4 Å². The molecule has 1 saturated carbocycles. The first-order chi connectivity index (χ1) is 11.6. The minimum atomic E-state index is -0.0414. The van der Waals surface area contributed by atoms with E-state index in [1.807, 2.05) is 4.90 Å². The van der Waals surface area contributed by atoms with Gasteiger partial charge in [0.1, 0.15) is 0 Å². The number of nitrogens with one attached hydrogen (secondary N) is 2. The molecular formula is C18H35ClN4O2. The topological polar surface area (TPSA) is 87.5 Å². The Labute approximate surface area is 158 Å². The summed E-state index contributed by atoms with van der Waals surface area (Å²) in [7, 11) is 0. The number of amides is 3. The number of piperidine rings is 1. The fourth-order valence-electron chi connectivity index (χ4n) is 3.66. The van der Waals surface area contributed by atoms with Crippen molar-refractivity contribution < 1.29 is 9.59 Å². The lowest BCUT2D eigenvalue weighted by Crippen LogP contribution is -2.45. The molecule has 0 aromatic rings. The van der Waals surface area contributed by atoms with E-state index in [1.54, 1.807) is 0 Å². The predicted molar refractivity (Wildman–Crippen MR) is 103 cm³/mol. The summed E-state index contributed by atoms with van der Waals surface area (Å²) in [5, 5.41) is 5.98. The standard InChI is InChI=1S/C18H34N4O2.ClH/c19-15-8-7-13-22(14-15)17(23)11-5-2-6-12-20-18(24)21-16-9-3-1-4-10-16;/h15-16H,1-14,19H2,(H2,20,21,24);1H. The van der Waals surface area contributed by atoms with E-state index in [4.69, 9.17) is 5.73 Å². The summed E-state index contributed by atoms with van der Waals surface area (Å²) < 4.78 is 0. The predicted octanol–water partition coefficient (Wildman–Crippen LogP) is 2.55. The number of carbonyl (C=O) groups excluding carboxylic acids is 2. The van der Waals surface area contributed by atoms with Gasteiger partial charge in [0.2, 0.25) is 5.91 Å². The highest BCUT2D eigenvalue weighted by molar-refractivity contribution is 5.85. The second-order valence-corrected chi connectivity index (χ2v) is 7.29. The molecule has 1 aliphatic carbocycles. The lowest BCUT2D eigenvalue weighted by atomic mass is 9.96. The van der Waals surface area contributed by atoms with E-state index < -0.39 is 0 Å². The molecule has 3 amide bonds. The van der Waals surface area contributed by atoms with Crippen molar-refractivity contribution in [3.63, 3.8) is 0 Å². The van der Waals surface area contributed by atoms with Crippen LogP contribution in [0.15, 0.2) is 0 Å². The Balaban J connectivity index is 0.00000312. The first kappa shape index (κ1) is 22.0. The molecule has 1 atom stereocenters. The highest BCUT2D eigenvalue weighted by Gasteiger charge is 2.20. The molecule has 0 radical (unpaired) electrons. The Bertz CT molecular complexity index is 403. The van der Waals surface area contributed by atoms with Gasteiger partial charge in [-0.05, 0) is 38.5 Å². The van der Waals surface area contributed by atoms with E-state index in [0.717, 1.165) is 51.5 Å². The van der Waals surface area contributed by atoms with Crippen LogP contribution in [0.1, 0.15) is 70.6 Å². The number of carbonyl (C=O) groups is 2. The third-order valence-electron chi connectivity index (χ3n) is 5.10. The summed E-state index contributed by atoms with van der Waals surface area (Å²) in [5.41, 5.74) is 5.91. The third kappa shape index (κ3) is 8.77. The number of hydrogen-bond acceptors (Lipinski definition) is 3. The monoisotopic (exact) mass is 374 g/mol. The quantitative estimate of drug-likeness (QED) is 0.598. The molecule has 2 fully saturated rings. The summed E-state index contributed by atoms with van der Waals surface area (Å²) >= 11 is 0. The van der Waals surface area contributed by atoms with Crippen molar-refractivity contribution >= 4 is 24.3 Å². The van der Waals surface area contributed by atoms with Crippen molar-refractivity contribution in [2.45, 2.75) is 82.7 Å². The van der Waals surface area contributed by atoms with E-state index in [2.05, 4.69) is 10.6 Å².